The number of rotatable bonds is 5. The maximum absolute atomic E-state index is 6.23. The van der Waals surface area contributed by atoms with E-state index in [4.69, 9.17) is 4.42 Å². The number of nitrogens with zero attached hydrogens (tertiary/aromatic N) is 1. The molecule has 2 heterocycles. The van der Waals surface area contributed by atoms with Gasteiger partial charge in [-0.25, -0.2) is 0 Å². The Hall–Kier alpha value is -7.68. The molecule has 0 saturated heterocycles. The van der Waals surface area contributed by atoms with E-state index in [2.05, 4.69) is 205 Å². The van der Waals surface area contributed by atoms with E-state index in [0.717, 1.165) is 33.2 Å². The van der Waals surface area contributed by atoms with Crippen molar-refractivity contribution in [3.63, 3.8) is 0 Å². The van der Waals surface area contributed by atoms with Crippen LogP contribution < -0.4 is 0 Å². The molecule has 10 aromatic carbocycles. The number of fused-ring (bicyclic) bond motifs is 8. The van der Waals surface area contributed by atoms with Crippen LogP contribution in [0.5, 0.6) is 0 Å². The number of para-hydroxylation sites is 2. The molecular weight excluding hydrogens is 703 g/mol. The van der Waals surface area contributed by atoms with E-state index < -0.39 is 0 Å². The fraction of sp³-hybridized carbons (Fsp3) is 0. The van der Waals surface area contributed by atoms with E-state index >= 15 is 0 Å². The first-order valence-corrected chi connectivity index (χ1v) is 19.9. The predicted octanol–water partition coefficient (Wildman–Crippen LogP) is 15.7. The molecule has 270 valence electrons. The van der Waals surface area contributed by atoms with Gasteiger partial charge in [-0.3, -0.25) is 0 Å². The highest BCUT2D eigenvalue weighted by atomic mass is 16.3. The van der Waals surface area contributed by atoms with Crippen molar-refractivity contribution < 1.29 is 4.42 Å². The molecule has 0 amide bonds. The summed E-state index contributed by atoms with van der Waals surface area (Å²) in [6, 6.07) is 77.1. The van der Waals surface area contributed by atoms with Gasteiger partial charge in [-0.15, -0.1) is 0 Å². The molecule has 0 N–H and O–H groups in total. The maximum Gasteiger partial charge on any atom is 0.136 e. The van der Waals surface area contributed by atoms with Gasteiger partial charge in [0.05, 0.1) is 16.7 Å². The highest BCUT2D eigenvalue weighted by Crippen LogP contribution is 2.42. The minimum Gasteiger partial charge on any atom is -0.456 e. The lowest BCUT2D eigenvalue weighted by Gasteiger charge is -2.15. The molecule has 0 atom stereocenters. The summed E-state index contributed by atoms with van der Waals surface area (Å²) in [7, 11) is 0. The van der Waals surface area contributed by atoms with Crippen LogP contribution in [-0.2, 0) is 0 Å². The quantitative estimate of drug-likeness (QED) is 0.172. The van der Waals surface area contributed by atoms with Crippen LogP contribution in [-0.4, -0.2) is 4.57 Å². The van der Waals surface area contributed by atoms with E-state index in [9.17, 15) is 0 Å². The smallest absolute Gasteiger partial charge is 0.136 e. The van der Waals surface area contributed by atoms with Crippen LogP contribution in [0.1, 0.15) is 0 Å². The lowest BCUT2D eigenvalue weighted by atomic mass is 9.95. The summed E-state index contributed by atoms with van der Waals surface area (Å²) in [6.45, 7) is 0. The molecule has 2 nitrogen and oxygen atoms in total. The highest BCUT2D eigenvalue weighted by molar-refractivity contribution is 6.14. The number of furan rings is 1. The van der Waals surface area contributed by atoms with Gasteiger partial charge in [0.2, 0.25) is 0 Å². The normalized spacial score (nSPS) is 11.8. The summed E-state index contributed by atoms with van der Waals surface area (Å²) in [5.41, 5.74) is 14.9. The van der Waals surface area contributed by atoms with E-state index in [-0.39, 0.29) is 0 Å². The number of hydrogen-bond acceptors (Lipinski definition) is 1. The highest BCUT2D eigenvalue weighted by Gasteiger charge is 2.19. The number of aromatic nitrogens is 1. The summed E-state index contributed by atoms with van der Waals surface area (Å²) in [4.78, 5) is 0. The fourth-order valence-electron chi connectivity index (χ4n) is 9.33. The zero-order valence-corrected chi connectivity index (χ0v) is 31.6. The van der Waals surface area contributed by atoms with Crippen LogP contribution >= 0.6 is 0 Å². The second-order valence-electron chi connectivity index (χ2n) is 15.2. The standard InChI is InChI=1S/C56H35NO/c1-3-16-42-36(12-1)14-9-20-44(42)40-30-32-52-49(34-40)50-35-41(45-21-10-15-37-13-2-4-17-43(37)45)31-33-53(50)57(52)51-23-7-5-18-46(51)38-26-28-39(29-27-38)47-22-11-25-55-56(47)48-19-6-8-24-54(48)58-55/h1-35H. The molecule has 12 rings (SSSR count). The predicted molar refractivity (Wildman–Crippen MR) is 245 cm³/mol. The van der Waals surface area contributed by atoms with Gasteiger partial charge < -0.3 is 8.98 Å². The van der Waals surface area contributed by atoms with Gasteiger partial charge in [0, 0.05) is 27.1 Å². The van der Waals surface area contributed by atoms with E-state index in [1.165, 1.54) is 82.3 Å². The number of hydrogen-bond donors (Lipinski definition) is 0. The van der Waals surface area contributed by atoms with Gasteiger partial charge in [0.25, 0.3) is 0 Å². The van der Waals surface area contributed by atoms with Gasteiger partial charge in [-0.1, -0.05) is 170 Å². The van der Waals surface area contributed by atoms with Crippen LogP contribution in [0.2, 0.25) is 0 Å². The summed E-state index contributed by atoms with van der Waals surface area (Å²) < 4.78 is 8.70. The molecule has 58 heavy (non-hydrogen) atoms. The second-order valence-corrected chi connectivity index (χ2v) is 15.2. The first-order valence-electron chi connectivity index (χ1n) is 19.9. The van der Waals surface area contributed by atoms with Gasteiger partial charge in [-0.05, 0) is 103 Å². The summed E-state index contributed by atoms with van der Waals surface area (Å²) in [5, 5.41) is 9.77. The fourth-order valence-corrected chi connectivity index (χ4v) is 9.33. The second kappa shape index (κ2) is 12.9. The molecule has 2 heteroatoms. The monoisotopic (exact) mass is 737 g/mol. The van der Waals surface area contributed by atoms with Crippen molar-refractivity contribution in [3.05, 3.63) is 212 Å². The van der Waals surface area contributed by atoms with Crippen molar-refractivity contribution >= 4 is 65.3 Å². The first kappa shape index (κ1) is 32.6. The Morgan fingerprint density at radius 2 is 0.741 bits per heavy atom. The third-order valence-electron chi connectivity index (χ3n) is 12.0. The Morgan fingerprint density at radius 3 is 1.40 bits per heavy atom. The summed E-state index contributed by atoms with van der Waals surface area (Å²) >= 11 is 0. The first-order chi connectivity index (χ1) is 28.8. The molecule has 0 aliphatic heterocycles. The van der Waals surface area contributed by atoms with Crippen molar-refractivity contribution in [2.45, 2.75) is 0 Å². The molecular formula is C56H35NO. The molecule has 0 bridgehead atoms. The van der Waals surface area contributed by atoms with Crippen molar-refractivity contribution in [2.75, 3.05) is 0 Å². The van der Waals surface area contributed by atoms with Crippen molar-refractivity contribution in [2.24, 2.45) is 0 Å². The topological polar surface area (TPSA) is 18.1 Å². The average molecular weight is 738 g/mol. The molecule has 0 aliphatic rings. The third-order valence-corrected chi connectivity index (χ3v) is 12.0. The zero-order chi connectivity index (χ0) is 38.2. The Bertz CT molecular complexity index is 3420. The molecule has 0 spiro atoms. The maximum atomic E-state index is 6.23. The molecule has 0 aliphatic carbocycles. The Balaban J connectivity index is 1.05. The molecule has 12 aromatic rings. The Kier molecular flexibility index (Phi) is 7.26. The van der Waals surface area contributed by atoms with Gasteiger partial charge >= 0.3 is 0 Å². The number of benzene rings is 10. The van der Waals surface area contributed by atoms with E-state index in [1.807, 2.05) is 12.1 Å². The van der Waals surface area contributed by atoms with Crippen LogP contribution in [0.25, 0.3) is 115 Å². The molecule has 0 fully saturated rings. The lowest BCUT2D eigenvalue weighted by Crippen LogP contribution is -1.97. The van der Waals surface area contributed by atoms with Crippen LogP contribution in [0.4, 0.5) is 0 Å². The SMILES string of the molecule is c1ccc(-n2c3ccc(-c4cccc5ccccc45)cc3c3cc(-c4cccc5ccccc45)ccc32)c(-c2ccc(-c3cccc4oc5ccccc5c34)cc2)c1. The molecule has 2 aromatic heterocycles. The average Bonchev–Trinajstić information content (AvgIpc) is 3.84. The minimum atomic E-state index is 0.909. The van der Waals surface area contributed by atoms with Crippen molar-refractivity contribution in [3.8, 4) is 50.2 Å². The van der Waals surface area contributed by atoms with Crippen molar-refractivity contribution in [1.29, 1.82) is 0 Å². The largest absolute Gasteiger partial charge is 0.456 e. The van der Waals surface area contributed by atoms with Gasteiger partial charge in [-0.2, -0.15) is 0 Å². The van der Waals surface area contributed by atoms with Gasteiger partial charge in [0.1, 0.15) is 11.2 Å². The van der Waals surface area contributed by atoms with E-state index in [0.29, 0.717) is 0 Å². The molecule has 0 saturated carbocycles. The Labute approximate surface area is 335 Å². The minimum absolute atomic E-state index is 0.909. The van der Waals surface area contributed by atoms with Crippen LogP contribution in [0, 0.1) is 0 Å². The van der Waals surface area contributed by atoms with Crippen LogP contribution in [0.15, 0.2) is 217 Å². The molecule has 0 radical (unpaired) electrons. The van der Waals surface area contributed by atoms with Gasteiger partial charge in [0.15, 0.2) is 0 Å². The van der Waals surface area contributed by atoms with Crippen LogP contribution in [0.3, 0.4) is 0 Å². The molecule has 0 unspecified atom stereocenters. The zero-order valence-electron chi connectivity index (χ0n) is 31.6. The third kappa shape index (κ3) is 5.05. The summed E-state index contributed by atoms with van der Waals surface area (Å²) in [5.74, 6) is 0. The van der Waals surface area contributed by atoms with Crippen molar-refractivity contribution in [1.82, 2.24) is 4.57 Å². The lowest BCUT2D eigenvalue weighted by molar-refractivity contribution is 0.669. The summed E-state index contributed by atoms with van der Waals surface area (Å²) in [6.07, 6.45) is 0. The van der Waals surface area contributed by atoms with E-state index in [1.54, 1.807) is 0 Å². The Morgan fingerprint density at radius 1 is 0.293 bits per heavy atom.